The van der Waals surface area contributed by atoms with Crippen molar-refractivity contribution in [1.82, 2.24) is 10.2 Å². The first-order valence-electron chi connectivity index (χ1n) is 7.67. The normalized spacial score (nSPS) is 24.4. The minimum Gasteiger partial charge on any atom is -0.323 e. The number of nitrogens with zero attached hydrogens (tertiary/aromatic N) is 1. The van der Waals surface area contributed by atoms with Crippen LogP contribution in [0.3, 0.4) is 0 Å². The second kappa shape index (κ2) is 6.40. The van der Waals surface area contributed by atoms with E-state index in [2.05, 4.69) is 37.9 Å². The van der Waals surface area contributed by atoms with Crippen LogP contribution in [0.4, 0.5) is 0 Å². The van der Waals surface area contributed by atoms with Gasteiger partial charge in [0.2, 0.25) is 5.91 Å². The molecule has 0 aliphatic carbocycles. The van der Waals surface area contributed by atoms with Gasteiger partial charge < -0.3 is 4.90 Å². The van der Waals surface area contributed by atoms with Crippen LogP contribution in [0.5, 0.6) is 0 Å². The molecule has 20 heavy (non-hydrogen) atoms. The van der Waals surface area contributed by atoms with E-state index < -0.39 is 0 Å². The van der Waals surface area contributed by atoms with Crippen LogP contribution in [-0.4, -0.2) is 23.0 Å². The van der Waals surface area contributed by atoms with Crippen molar-refractivity contribution in [3.05, 3.63) is 35.9 Å². The topological polar surface area (TPSA) is 32.3 Å². The van der Waals surface area contributed by atoms with Gasteiger partial charge in [0.25, 0.3) is 0 Å². The molecule has 1 aromatic rings. The number of hydrogen-bond acceptors (Lipinski definition) is 2. The molecule has 0 aromatic heterocycles. The zero-order valence-electron chi connectivity index (χ0n) is 13.0. The van der Waals surface area contributed by atoms with Crippen molar-refractivity contribution in [3.63, 3.8) is 0 Å². The van der Waals surface area contributed by atoms with Gasteiger partial charge in [-0.15, -0.1) is 0 Å². The van der Waals surface area contributed by atoms with Crippen molar-refractivity contribution in [2.24, 2.45) is 5.92 Å². The van der Waals surface area contributed by atoms with E-state index in [0.717, 1.165) is 18.4 Å². The maximum Gasteiger partial charge on any atom is 0.245 e. The van der Waals surface area contributed by atoms with E-state index in [-0.39, 0.29) is 24.2 Å². The van der Waals surface area contributed by atoms with E-state index >= 15 is 0 Å². The molecule has 1 aromatic carbocycles. The van der Waals surface area contributed by atoms with E-state index in [1.165, 1.54) is 0 Å². The molecule has 0 radical (unpaired) electrons. The number of hydrogen-bond donors (Lipinski definition) is 1. The first-order chi connectivity index (χ1) is 9.54. The molecule has 1 amide bonds. The third kappa shape index (κ3) is 3.04. The Bertz CT molecular complexity index is 444. The average Bonchev–Trinajstić information content (AvgIpc) is 2.76. The summed E-state index contributed by atoms with van der Waals surface area (Å²) in [6.45, 7) is 8.71. The lowest BCUT2D eigenvalue weighted by Crippen LogP contribution is -2.43. The molecule has 1 saturated heterocycles. The predicted octanol–water partition coefficient (Wildman–Crippen LogP) is 3.33. The summed E-state index contributed by atoms with van der Waals surface area (Å²) in [6.07, 6.45) is 2.14. The first kappa shape index (κ1) is 15.0. The summed E-state index contributed by atoms with van der Waals surface area (Å²) in [5.74, 6) is 0.822. The Hall–Kier alpha value is -1.35. The van der Waals surface area contributed by atoms with Gasteiger partial charge in [0.05, 0.1) is 6.17 Å². The Labute approximate surface area is 122 Å². The molecule has 3 nitrogen and oxygen atoms in total. The van der Waals surface area contributed by atoms with Crippen LogP contribution in [0.1, 0.15) is 52.1 Å². The highest BCUT2D eigenvalue weighted by Crippen LogP contribution is 2.28. The molecule has 3 unspecified atom stereocenters. The number of carbonyl (C=O) groups excluding carboxylic acids is 1. The number of benzene rings is 1. The molecule has 0 spiro atoms. The van der Waals surface area contributed by atoms with Gasteiger partial charge in [0.1, 0.15) is 6.04 Å². The van der Waals surface area contributed by atoms with Gasteiger partial charge in [-0.3, -0.25) is 10.1 Å². The summed E-state index contributed by atoms with van der Waals surface area (Å²) < 4.78 is 0. The highest BCUT2D eigenvalue weighted by Gasteiger charge is 2.40. The Morgan fingerprint density at radius 2 is 1.85 bits per heavy atom. The van der Waals surface area contributed by atoms with Crippen LogP contribution >= 0.6 is 0 Å². The summed E-state index contributed by atoms with van der Waals surface area (Å²) in [5.41, 5.74) is 1.06. The van der Waals surface area contributed by atoms with Gasteiger partial charge in [-0.25, -0.2) is 0 Å². The SMILES string of the molecule is CCC1NC(c2ccccc2)C(=O)N1C(C)CC(C)C. The predicted molar refractivity (Wildman–Crippen MR) is 82.2 cm³/mol. The standard InChI is InChI=1S/C17H26N2O/c1-5-15-18-16(14-9-7-6-8-10-14)17(20)19(15)13(4)11-12(2)3/h6-10,12-13,15-16,18H,5,11H2,1-4H3. The fraction of sp³-hybridized carbons (Fsp3) is 0.588. The molecule has 3 atom stereocenters. The summed E-state index contributed by atoms with van der Waals surface area (Å²) >= 11 is 0. The Morgan fingerprint density at radius 3 is 2.40 bits per heavy atom. The molecule has 3 heteroatoms. The van der Waals surface area contributed by atoms with E-state index in [9.17, 15) is 4.79 Å². The Kier molecular flexibility index (Phi) is 4.81. The summed E-state index contributed by atoms with van der Waals surface area (Å²) in [7, 11) is 0. The van der Waals surface area contributed by atoms with Crippen molar-refractivity contribution in [2.75, 3.05) is 0 Å². The third-order valence-corrected chi connectivity index (χ3v) is 4.00. The number of nitrogens with one attached hydrogen (secondary N) is 1. The maximum atomic E-state index is 12.8. The molecule has 0 saturated carbocycles. The monoisotopic (exact) mass is 274 g/mol. The largest absolute Gasteiger partial charge is 0.323 e. The average molecular weight is 274 g/mol. The lowest BCUT2D eigenvalue weighted by Gasteiger charge is -2.30. The molecule has 0 bridgehead atoms. The molecule has 1 heterocycles. The van der Waals surface area contributed by atoms with E-state index in [4.69, 9.17) is 0 Å². The number of carbonyl (C=O) groups is 1. The Balaban J connectivity index is 2.19. The van der Waals surface area contributed by atoms with Crippen LogP contribution < -0.4 is 5.32 Å². The molecule has 2 rings (SSSR count). The molecule has 1 aliphatic rings. The summed E-state index contributed by atoms with van der Waals surface area (Å²) in [4.78, 5) is 14.8. The molecule has 110 valence electrons. The fourth-order valence-corrected chi connectivity index (χ4v) is 3.17. The zero-order chi connectivity index (χ0) is 14.7. The zero-order valence-corrected chi connectivity index (χ0v) is 13.0. The molecular formula is C17H26N2O. The van der Waals surface area contributed by atoms with Crippen molar-refractivity contribution < 1.29 is 4.79 Å². The van der Waals surface area contributed by atoms with E-state index in [1.807, 2.05) is 30.3 Å². The van der Waals surface area contributed by atoms with Crippen LogP contribution in [0, 0.1) is 5.92 Å². The van der Waals surface area contributed by atoms with Crippen LogP contribution in [-0.2, 0) is 4.79 Å². The third-order valence-electron chi connectivity index (χ3n) is 4.00. The maximum absolute atomic E-state index is 12.8. The lowest BCUT2D eigenvalue weighted by atomic mass is 10.0. The van der Waals surface area contributed by atoms with Crippen molar-refractivity contribution >= 4 is 5.91 Å². The summed E-state index contributed by atoms with van der Waals surface area (Å²) in [5, 5.41) is 3.49. The van der Waals surface area contributed by atoms with E-state index in [1.54, 1.807) is 0 Å². The van der Waals surface area contributed by atoms with Crippen LogP contribution in [0.15, 0.2) is 30.3 Å². The van der Waals surface area contributed by atoms with Gasteiger partial charge in [-0.05, 0) is 31.2 Å². The second-order valence-corrected chi connectivity index (χ2v) is 6.16. The quantitative estimate of drug-likeness (QED) is 0.893. The first-order valence-corrected chi connectivity index (χ1v) is 7.67. The van der Waals surface area contributed by atoms with Crippen molar-refractivity contribution in [1.29, 1.82) is 0 Å². The highest BCUT2D eigenvalue weighted by molar-refractivity contribution is 5.86. The van der Waals surface area contributed by atoms with Gasteiger partial charge in [0.15, 0.2) is 0 Å². The van der Waals surface area contributed by atoms with E-state index in [0.29, 0.717) is 5.92 Å². The number of amides is 1. The smallest absolute Gasteiger partial charge is 0.245 e. The van der Waals surface area contributed by atoms with Gasteiger partial charge in [-0.1, -0.05) is 51.1 Å². The van der Waals surface area contributed by atoms with Crippen LogP contribution in [0.25, 0.3) is 0 Å². The lowest BCUT2D eigenvalue weighted by molar-refractivity contribution is -0.132. The van der Waals surface area contributed by atoms with Gasteiger partial charge in [0, 0.05) is 6.04 Å². The van der Waals surface area contributed by atoms with Crippen molar-refractivity contribution in [2.45, 2.75) is 58.8 Å². The summed E-state index contributed by atoms with van der Waals surface area (Å²) in [6, 6.07) is 10.1. The molecule has 1 fully saturated rings. The minimum absolute atomic E-state index is 0.154. The Morgan fingerprint density at radius 1 is 1.20 bits per heavy atom. The molecule has 1 N–H and O–H groups in total. The second-order valence-electron chi connectivity index (χ2n) is 6.16. The van der Waals surface area contributed by atoms with Crippen LogP contribution in [0.2, 0.25) is 0 Å². The highest BCUT2D eigenvalue weighted by atomic mass is 16.2. The number of rotatable bonds is 5. The van der Waals surface area contributed by atoms with Gasteiger partial charge >= 0.3 is 0 Å². The van der Waals surface area contributed by atoms with Crippen molar-refractivity contribution in [3.8, 4) is 0 Å². The fourth-order valence-electron chi connectivity index (χ4n) is 3.17. The minimum atomic E-state index is -0.184. The molecule has 1 aliphatic heterocycles. The van der Waals surface area contributed by atoms with Gasteiger partial charge in [-0.2, -0.15) is 0 Å². The molecular weight excluding hydrogens is 248 g/mol.